The Kier molecular flexibility index (Phi) is 6.15. The van der Waals surface area contributed by atoms with E-state index in [0.29, 0.717) is 23.2 Å². The Hall–Kier alpha value is -2.79. The van der Waals surface area contributed by atoms with Gasteiger partial charge in [0.05, 0.1) is 16.8 Å². The van der Waals surface area contributed by atoms with Gasteiger partial charge < -0.3 is 14.8 Å². The Labute approximate surface area is 208 Å². The van der Waals surface area contributed by atoms with E-state index in [0.717, 1.165) is 41.5 Å². The molecule has 2 amide bonds. The normalized spacial score (nSPS) is 24.5. The second-order valence-electron chi connectivity index (χ2n) is 9.51. The van der Waals surface area contributed by atoms with E-state index in [1.54, 1.807) is 28.4 Å². The number of halogens is 1. The van der Waals surface area contributed by atoms with Gasteiger partial charge in [0.25, 0.3) is 11.8 Å². The average molecular weight is 494 g/mol. The minimum Gasteiger partial charge on any atom is -0.351 e. The first-order chi connectivity index (χ1) is 16.4. The molecule has 1 unspecified atom stereocenters. The van der Waals surface area contributed by atoms with Crippen LogP contribution >= 0.6 is 22.9 Å². The molecule has 3 heterocycles. The number of thiophene rings is 1. The monoisotopic (exact) mass is 493 g/mol. The number of hydrogen-bond donors (Lipinski definition) is 1. The number of aromatic nitrogens is 1. The first kappa shape index (κ1) is 23.0. The summed E-state index contributed by atoms with van der Waals surface area (Å²) in [5, 5.41) is 5.88. The molecule has 0 radical (unpaired) electrons. The van der Waals surface area contributed by atoms with E-state index in [1.807, 2.05) is 40.3 Å². The van der Waals surface area contributed by atoms with E-state index >= 15 is 0 Å². The lowest BCUT2D eigenvalue weighted by molar-refractivity contribution is -0.132. The van der Waals surface area contributed by atoms with Crippen LogP contribution in [0.15, 0.2) is 60.2 Å². The summed E-state index contributed by atoms with van der Waals surface area (Å²) in [7, 11) is 0. The lowest BCUT2D eigenvalue weighted by atomic mass is 9.86. The number of hydrogen-bond acceptors (Lipinski definition) is 3. The number of carbonyl (C=O) groups excluding carboxylic acids is 2. The highest BCUT2D eigenvalue weighted by Crippen LogP contribution is 2.37. The average Bonchev–Trinajstić information content (AvgIpc) is 3.40. The van der Waals surface area contributed by atoms with E-state index < -0.39 is 5.54 Å². The van der Waals surface area contributed by atoms with E-state index in [-0.39, 0.29) is 24.4 Å². The highest BCUT2D eigenvalue weighted by molar-refractivity contribution is 7.17. The summed E-state index contributed by atoms with van der Waals surface area (Å²) in [4.78, 5) is 29.6. The van der Waals surface area contributed by atoms with E-state index in [4.69, 9.17) is 11.6 Å². The molecule has 1 aliphatic heterocycles. The van der Waals surface area contributed by atoms with Gasteiger partial charge in [-0.05, 0) is 72.9 Å². The molecule has 1 aliphatic carbocycles. The molecule has 1 atom stereocenters. The van der Waals surface area contributed by atoms with Crippen molar-refractivity contribution < 1.29 is 9.59 Å². The number of nitrogens with one attached hydrogen (secondary N) is 1. The Balaban J connectivity index is 1.58. The molecule has 7 heteroatoms. The predicted molar refractivity (Wildman–Crippen MR) is 137 cm³/mol. The molecule has 1 saturated carbocycles. The molecule has 5 rings (SSSR count). The lowest BCUT2D eigenvalue weighted by Gasteiger charge is -2.45. The van der Waals surface area contributed by atoms with E-state index in [9.17, 15) is 9.59 Å². The minimum absolute atomic E-state index is 0.106. The second kappa shape index (κ2) is 9.10. The maximum atomic E-state index is 14.0. The van der Waals surface area contributed by atoms with Crippen LogP contribution in [0.2, 0.25) is 5.02 Å². The molecular formula is C27H28ClN3O2S. The summed E-state index contributed by atoms with van der Waals surface area (Å²) in [6, 6.07) is 11.5. The predicted octanol–water partition coefficient (Wildman–Crippen LogP) is 5.79. The molecule has 3 aromatic rings. The number of fused-ring (bicyclic) bond motifs is 3. The van der Waals surface area contributed by atoms with Crippen molar-refractivity contribution in [3.63, 3.8) is 0 Å². The lowest BCUT2D eigenvalue weighted by Crippen LogP contribution is -2.65. The molecular weight excluding hydrogens is 466 g/mol. The van der Waals surface area contributed by atoms with Crippen molar-refractivity contribution >= 4 is 45.0 Å². The summed E-state index contributed by atoms with van der Waals surface area (Å²) >= 11 is 7.83. The maximum Gasteiger partial charge on any atom is 0.272 e. The van der Waals surface area contributed by atoms with Gasteiger partial charge >= 0.3 is 0 Å². The van der Waals surface area contributed by atoms with Crippen LogP contribution in [0, 0.1) is 5.92 Å². The highest BCUT2D eigenvalue weighted by atomic mass is 35.5. The molecule has 2 aromatic heterocycles. The van der Waals surface area contributed by atoms with Crippen LogP contribution < -0.4 is 5.32 Å². The second-order valence-corrected chi connectivity index (χ2v) is 10.9. The quantitative estimate of drug-likeness (QED) is 0.457. The van der Waals surface area contributed by atoms with Crippen molar-refractivity contribution in [1.82, 2.24) is 14.8 Å². The smallest absolute Gasteiger partial charge is 0.272 e. The van der Waals surface area contributed by atoms with Crippen molar-refractivity contribution in [2.45, 2.75) is 57.3 Å². The number of nitrogens with zero attached hydrogens (tertiary/aromatic N) is 2. The van der Waals surface area contributed by atoms with Gasteiger partial charge in [-0.1, -0.05) is 37.2 Å². The fourth-order valence-corrected chi connectivity index (χ4v) is 6.30. The van der Waals surface area contributed by atoms with Crippen LogP contribution in [0.25, 0.3) is 10.2 Å². The zero-order valence-electron chi connectivity index (χ0n) is 19.2. The van der Waals surface area contributed by atoms with Gasteiger partial charge in [0.2, 0.25) is 0 Å². The summed E-state index contributed by atoms with van der Waals surface area (Å²) in [5.74, 6) is 0.315. The van der Waals surface area contributed by atoms with E-state index in [1.165, 1.54) is 0 Å². The Morgan fingerprint density at radius 3 is 2.82 bits per heavy atom. The van der Waals surface area contributed by atoms with Gasteiger partial charge in [-0.15, -0.1) is 17.1 Å². The standard InChI is InChI=1S/C27H28ClN3O2S/c1-3-12-27(26(33)29-21-9-7-18(2)8-10-21)17-30-22-11-13-34-24(22)15-23(30)25(32)31(27)16-19-5-4-6-20(28)14-19/h4-6,11-15,18,21H,1,7-10,16-17H2,2H3,(H,29,33). The van der Waals surface area contributed by atoms with Crippen LogP contribution in [0.5, 0.6) is 0 Å². The molecule has 5 nitrogen and oxygen atoms in total. The van der Waals surface area contributed by atoms with Crippen LogP contribution in [0.4, 0.5) is 0 Å². The topological polar surface area (TPSA) is 54.3 Å². The number of rotatable bonds is 5. The highest BCUT2D eigenvalue weighted by Gasteiger charge is 2.50. The van der Waals surface area contributed by atoms with Crippen LogP contribution in [-0.2, 0) is 17.9 Å². The van der Waals surface area contributed by atoms with Crippen LogP contribution in [0.1, 0.15) is 48.7 Å². The van der Waals surface area contributed by atoms with Gasteiger partial charge in [-0.3, -0.25) is 9.59 Å². The first-order valence-corrected chi connectivity index (χ1v) is 13.0. The van der Waals surface area contributed by atoms with Gasteiger partial charge in [-0.25, -0.2) is 0 Å². The zero-order valence-corrected chi connectivity index (χ0v) is 20.8. The van der Waals surface area contributed by atoms with Gasteiger partial charge in [0.1, 0.15) is 5.69 Å². The molecule has 1 N–H and O–H groups in total. The van der Waals surface area contributed by atoms with E-state index in [2.05, 4.69) is 24.6 Å². The maximum absolute atomic E-state index is 14.0. The summed E-state index contributed by atoms with van der Waals surface area (Å²) in [5.41, 5.74) is 4.03. The largest absolute Gasteiger partial charge is 0.351 e. The molecule has 34 heavy (non-hydrogen) atoms. The summed E-state index contributed by atoms with van der Waals surface area (Å²) < 4.78 is 3.00. The number of amides is 2. The molecule has 0 bridgehead atoms. The van der Waals surface area contributed by atoms with Gasteiger partial charge in [-0.2, -0.15) is 0 Å². The van der Waals surface area contributed by atoms with Crippen molar-refractivity contribution in [1.29, 1.82) is 0 Å². The van der Waals surface area contributed by atoms with Crippen molar-refractivity contribution in [2.75, 3.05) is 0 Å². The Morgan fingerprint density at radius 2 is 2.09 bits per heavy atom. The molecule has 176 valence electrons. The van der Waals surface area contributed by atoms with Crippen LogP contribution in [0.3, 0.4) is 0 Å². The molecule has 0 saturated heterocycles. The molecule has 0 spiro atoms. The number of benzene rings is 1. The number of carbonyl (C=O) groups is 2. The molecule has 1 fully saturated rings. The zero-order chi connectivity index (χ0) is 23.9. The van der Waals surface area contributed by atoms with Gasteiger partial charge in [0, 0.05) is 17.6 Å². The molecule has 1 aromatic carbocycles. The molecule has 2 aliphatic rings. The first-order valence-electron chi connectivity index (χ1n) is 11.7. The fraction of sp³-hybridized carbons (Fsp3) is 0.370. The Morgan fingerprint density at radius 1 is 1.29 bits per heavy atom. The van der Waals surface area contributed by atoms with Crippen molar-refractivity contribution in [3.8, 4) is 0 Å². The minimum atomic E-state index is -1.24. The third-order valence-electron chi connectivity index (χ3n) is 7.18. The summed E-state index contributed by atoms with van der Waals surface area (Å²) in [6.07, 6.45) is 5.76. The van der Waals surface area contributed by atoms with Crippen molar-refractivity contribution in [3.05, 3.63) is 76.4 Å². The Bertz CT molecular complexity index is 1300. The van der Waals surface area contributed by atoms with Gasteiger partial charge in [0.15, 0.2) is 5.54 Å². The third kappa shape index (κ3) is 4.00. The van der Waals surface area contributed by atoms with Crippen LogP contribution in [-0.4, -0.2) is 32.9 Å². The van der Waals surface area contributed by atoms with Crippen molar-refractivity contribution in [2.24, 2.45) is 5.92 Å². The summed E-state index contributed by atoms with van der Waals surface area (Å²) in [6.45, 7) is 6.61. The fourth-order valence-electron chi connectivity index (χ4n) is 5.27. The third-order valence-corrected chi connectivity index (χ3v) is 8.27. The SMILES string of the molecule is C=C=CC1(C(=O)NC2CCC(C)CC2)Cn2c(cc3sccc32)C(=O)N1Cc1cccc(Cl)c1.